The van der Waals surface area contributed by atoms with Crippen LogP contribution in [0.5, 0.6) is 0 Å². The van der Waals surface area contributed by atoms with E-state index in [-0.39, 0.29) is 0 Å². The zero-order chi connectivity index (χ0) is 15.2. The molecule has 0 aliphatic heterocycles. The second-order valence-electron chi connectivity index (χ2n) is 4.56. The Bertz CT molecular complexity index is 708. The summed E-state index contributed by atoms with van der Waals surface area (Å²) >= 11 is 0. The van der Waals surface area contributed by atoms with E-state index in [0.717, 1.165) is 0 Å². The molecule has 2 unspecified atom stereocenters. The van der Waals surface area contributed by atoms with Gasteiger partial charge < -0.3 is 24.4 Å². The average molecular weight is 320 g/mol. The molecule has 110 valence electrons. The smallest absolute Gasteiger partial charge is 0.368 e. The molecule has 0 aliphatic rings. The molecule has 0 spiro atoms. The van der Waals surface area contributed by atoms with Crippen molar-refractivity contribution < 1.29 is 28.9 Å². The largest absolute Gasteiger partial charge is 0.368 e. The molecule has 0 radical (unpaired) electrons. The summed E-state index contributed by atoms with van der Waals surface area (Å²) in [5, 5.41) is 7.04. The Labute approximate surface area is 114 Å². The van der Waals surface area contributed by atoms with Crippen LogP contribution < -0.4 is 0 Å². The third kappa shape index (κ3) is 2.46. The van der Waals surface area contributed by atoms with Crippen molar-refractivity contribution in [3.05, 3.63) is 30.6 Å². The summed E-state index contributed by atoms with van der Waals surface area (Å²) in [6.45, 7) is -0.0206. The molecule has 10 heteroatoms. The van der Waals surface area contributed by atoms with E-state index in [1.165, 1.54) is 10.9 Å². The summed E-state index contributed by atoms with van der Waals surface area (Å²) in [5.41, 5.74) is 1.04. The third-order valence-corrected chi connectivity index (χ3v) is 7.48. The van der Waals surface area contributed by atoms with E-state index < -0.39 is 26.6 Å². The molecule has 2 atom stereocenters. The monoisotopic (exact) mass is 320 g/mol. The quantitative estimate of drug-likeness (QED) is 0.611. The summed E-state index contributed by atoms with van der Waals surface area (Å²) in [7, 11) is -9.72. The second kappa shape index (κ2) is 4.77. The summed E-state index contributed by atoms with van der Waals surface area (Å²) in [5.74, 6) is 0. The molecule has 0 saturated carbocycles. The number of benzene rings is 1. The fraction of sp³-hybridized carbons (Fsp3) is 0.300. The van der Waals surface area contributed by atoms with Gasteiger partial charge >= 0.3 is 7.60 Å². The van der Waals surface area contributed by atoms with E-state index in [1.807, 2.05) is 0 Å². The second-order valence-corrected chi connectivity index (χ2v) is 9.24. The SMILES string of the molecule is CP(=O)(O)C(O)(Cn1cnc2ccccc21)P(=O)(O)O. The first-order valence-electron chi connectivity index (χ1n) is 5.54. The number of rotatable bonds is 4. The van der Waals surface area contributed by atoms with E-state index in [2.05, 4.69) is 4.98 Å². The van der Waals surface area contributed by atoms with Gasteiger partial charge in [0.2, 0.25) is 7.37 Å². The van der Waals surface area contributed by atoms with Crippen molar-refractivity contribution in [1.29, 1.82) is 0 Å². The van der Waals surface area contributed by atoms with Crippen molar-refractivity contribution in [2.45, 2.75) is 11.6 Å². The number of hydrogen-bond acceptors (Lipinski definition) is 4. The van der Waals surface area contributed by atoms with Crippen LogP contribution in [0.2, 0.25) is 0 Å². The van der Waals surface area contributed by atoms with E-state index in [1.54, 1.807) is 24.3 Å². The maximum absolute atomic E-state index is 11.7. The molecule has 2 aromatic rings. The lowest BCUT2D eigenvalue weighted by Crippen LogP contribution is -2.33. The Morgan fingerprint density at radius 3 is 2.40 bits per heavy atom. The van der Waals surface area contributed by atoms with Crippen LogP contribution in [-0.2, 0) is 15.7 Å². The van der Waals surface area contributed by atoms with Crippen LogP contribution in [0, 0.1) is 0 Å². The van der Waals surface area contributed by atoms with Crippen LogP contribution in [0.25, 0.3) is 11.0 Å². The topological polar surface area (TPSA) is 133 Å². The first-order chi connectivity index (χ1) is 9.06. The molecule has 8 nitrogen and oxygen atoms in total. The molecular weight excluding hydrogens is 306 g/mol. The van der Waals surface area contributed by atoms with Gasteiger partial charge in [0.1, 0.15) is 0 Å². The van der Waals surface area contributed by atoms with E-state index in [0.29, 0.717) is 17.7 Å². The Balaban J connectivity index is 2.55. The van der Waals surface area contributed by atoms with E-state index in [4.69, 9.17) is 0 Å². The number of aromatic nitrogens is 2. The molecule has 0 saturated heterocycles. The van der Waals surface area contributed by atoms with Crippen molar-refractivity contribution in [1.82, 2.24) is 9.55 Å². The molecule has 0 fully saturated rings. The highest BCUT2D eigenvalue weighted by molar-refractivity contribution is 7.74. The summed E-state index contributed by atoms with van der Waals surface area (Å²) in [6, 6.07) is 6.71. The molecule has 4 N–H and O–H groups in total. The zero-order valence-electron chi connectivity index (χ0n) is 10.5. The average Bonchev–Trinajstić information content (AvgIpc) is 2.70. The van der Waals surface area contributed by atoms with Gasteiger partial charge in [-0.15, -0.1) is 0 Å². The molecule has 2 rings (SSSR count). The van der Waals surface area contributed by atoms with Gasteiger partial charge in [-0.25, -0.2) is 4.98 Å². The standard InChI is InChI=1S/C10H14N2O6P2/c1-19(14,15)10(13,20(16,17)18)6-12-7-11-8-4-2-3-5-9(8)12/h2-5,7,13H,6H2,1H3,(H,14,15)(H2,16,17,18). The molecule has 20 heavy (non-hydrogen) atoms. The van der Waals surface area contributed by atoms with Crippen LogP contribution in [-0.4, -0.2) is 41.1 Å². The fourth-order valence-electron chi connectivity index (χ4n) is 1.83. The number of aliphatic hydroxyl groups is 1. The number of nitrogens with zero attached hydrogens (tertiary/aromatic N) is 2. The highest BCUT2D eigenvalue weighted by atomic mass is 31.2. The summed E-state index contributed by atoms with van der Waals surface area (Å²) in [6.07, 6.45) is 1.25. The highest BCUT2D eigenvalue weighted by Gasteiger charge is 2.57. The van der Waals surface area contributed by atoms with Crippen LogP contribution in [0.3, 0.4) is 0 Å². The summed E-state index contributed by atoms with van der Waals surface area (Å²) < 4.78 is 24.4. The lowest BCUT2D eigenvalue weighted by atomic mass is 10.3. The number of para-hydroxylation sites is 2. The molecule has 1 aromatic heterocycles. The minimum atomic E-state index is -5.23. The Morgan fingerprint density at radius 1 is 1.25 bits per heavy atom. The van der Waals surface area contributed by atoms with Gasteiger partial charge in [0.05, 0.1) is 23.9 Å². The van der Waals surface area contributed by atoms with Crippen molar-refractivity contribution >= 4 is 26.0 Å². The predicted molar refractivity (Wildman–Crippen MR) is 72.5 cm³/mol. The predicted octanol–water partition coefficient (Wildman–Crippen LogP) is 0.760. The maximum Gasteiger partial charge on any atom is 0.368 e. The molecule has 0 bridgehead atoms. The molecule has 0 amide bonds. The fourth-order valence-corrected chi connectivity index (χ4v) is 4.51. The Hall–Kier alpha value is -1.01. The first kappa shape index (κ1) is 15.4. The van der Waals surface area contributed by atoms with Crippen LogP contribution in [0.4, 0.5) is 0 Å². The van der Waals surface area contributed by atoms with E-state index >= 15 is 0 Å². The van der Waals surface area contributed by atoms with Gasteiger partial charge in [-0.2, -0.15) is 0 Å². The Kier molecular flexibility index (Phi) is 3.67. The van der Waals surface area contributed by atoms with Crippen LogP contribution in [0.15, 0.2) is 30.6 Å². The third-order valence-electron chi connectivity index (χ3n) is 3.04. The minimum absolute atomic E-state index is 0.493. The number of fused-ring (bicyclic) bond motifs is 1. The van der Waals surface area contributed by atoms with Gasteiger partial charge in [-0.3, -0.25) is 9.13 Å². The van der Waals surface area contributed by atoms with E-state index in [9.17, 15) is 28.9 Å². The number of imidazole rings is 1. The van der Waals surface area contributed by atoms with Crippen molar-refractivity contribution in [3.63, 3.8) is 0 Å². The van der Waals surface area contributed by atoms with Gasteiger partial charge in [-0.05, 0) is 12.1 Å². The lowest BCUT2D eigenvalue weighted by molar-refractivity contribution is 0.134. The maximum atomic E-state index is 11.7. The van der Waals surface area contributed by atoms with Gasteiger partial charge in [0.25, 0.3) is 5.08 Å². The van der Waals surface area contributed by atoms with Crippen molar-refractivity contribution in [2.75, 3.05) is 6.66 Å². The first-order valence-corrected chi connectivity index (χ1v) is 9.26. The minimum Gasteiger partial charge on any atom is -0.368 e. The molecule has 1 aromatic carbocycles. The van der Waals surface area contributed by atoms with Crippen LogP contribution in [0.1, 0.15) is 0 Å². The normalized spacial score (nSPS) is 18.6. The van der Waals surface area contributed by atoms with Crippen molar-refractivity contribution in [3.8, 4) is 0 Å². The molecular formula is C10H14N2O6P2. The van der Waals surface area contributed by atoms with Gasteiger partial charge in [-0.1, -0.05) is 12.1 Å². The molecule has 1 heterocycles. The number of hydrogen-bond donors (Lipinski definition) is 4. The highest BCUT2D eigenvalue weighted by Crippen LogP contribution is 2.68. The van der Waals surface area contributed by atoms with Gasteiger partial charge in [0, 0.05) is 6.66 Å². The summed E-state index contributed by atoms with van der Waals surface area (Å²) in [4.78, 5) is 32.0. The lowest BCUT2D eigenvalue weighted by Gasteiger charge is -2.31. The van der Waals surface area contributed by atoms with Crippen molar-refractivity contribution in [2.24, 2.45) is 0 Å². The Morgan fingerprint density at radius 2 is 1.85 bits per heavy atom. The van der Waals surface area contributed by atoms with Gasteiger partial charge in [0.15, 0.2) is 0 Å². The molecule has 0 aliphatic carbocycles. The van der Waals surface area contributed by atoms with Crippen LogP contribution >= 0.6 is 15.0 Å². The zero-order valence-corrected chi connectivity index (χ0v) is 12.3.